The Bertz CT molecular complexity index is 447. The van der Waals surface area contributed by atoms with Gasteiger partial charge in [-0.05, 0) is 42.9 Å². The quantitative estimate of drug-likeness (QED) is 0.870. The molecule has 1 fully saturated rings. The van der Waals surface area contributed by atoms with E-state index in [9.17, 15) is 4.79 Å². The first-order valence-corrected chi connectivity index (χ1v) is 7.40. The molecule has 0 radical (unpaired) electrons. The summed E-state index contributed by atoms with van der Waals surface area (Å²) < 4.78 is 5.28. The number of carbonyl (C=O) groups excluding carboxylic acids is 1. The molecule has 1 unspecified atom stereocenters. The highest BCUT2D eigenvalue weighted by atomic mass is 35.5. The zero-order chi connectivity index (χ0) is 14.4. The standard InChI is InChI=1S/C15H21ClN2O2/c16-13-3-1-2-11(10-13)4-7-18-15(19)14(17)12-5-8-20-9-6-12/h1-3,10,12,14H,4-9,17H2,(H,18,19). The maximum absolute atomic E-state index is 12.0. The Kier molecular flexibility index (Phi) is 5.83. The number of nitrogens with two attached hydrogens (primary N) is 1. The molecule has 2 rings (SSSR count). The molecule has 20 heavy (non-hydrogen) atoms. The van der Waals surface area contributed by atoms with Crippen LogP contribution >= 0.6 is 11.6 Å². The van der Waals surface area contributed by atoms with E-state index in [4.69, 9.17) is 22.1 Å². The van der Waals surface area contributed by atoms with E-state index in [0.717, 1.165) is 24.8 Å². The number of halogens is 1. The maximum atomic E-state index is 12.0. The number of ether oxygens (including phenoxy) is 1. The first-order chi connectivity index (χ1) is 9.66. The molecule has 1 heterocycles. The second kappa shape index (κ2) is 7.62. The molecule has 1 aliphatic heterocycles. The Morgan fingerprint density at radius 2 is 2.20 bits per heavy atom. The van der Waals surface area contributed by atoms with Crippen LogP contribution in [-0.4, -0.2) is 31.7 Å². The Morgan fingerprint density at radius 3 is 2.90 bits per heavy atom. The summed E-state index contributed by atoms with van der Waals surface area (Å²) in [6.45, 7) is 1.98. The molecule has 0 bridgehead atoms. The molecule has 1 atom stereocenters. The van der Waals surface area contributed by atoms with E-state index in [-0.39, 0.29) is 11.8 Å². The van der Waals surface area contributed by atoms with Crippen LogP contribution in [0.4, 0.5) is 0 Å². The highest BCUT2D eigenvalue weighted by molar-refractivity contribution is 6.30. The predicted octanol–water partition coefficient (Wildman–Crippen LogP) is 1.75. The van der Waals surface area contributed by atoms with Gasteiger partial charge in [-0.25, -0.2) is 0 Å². The lowest BCUT2D eigenvalue weighted by Crippen LogP contribution is -2.47. The molecule has 0 aromatic heterocycles. The predicted molar refractivity (Wildman–Crippen MR) is 79.7 cm³/mol. The van der Waals surface area contributed by atoms with Crippen LogP contribution in [0.2, 0.25) is 5.02 Å². The minimum atomic E-state index is -0.432. The molecule has 1 aromatic rings. The first-order valence-electron chi connectivity index (χ1n) is 7.02. The monoisotopic (exact) mass is 296 g/mol. The minimum Gasteiger partial charge on any atom is -0.381 e. The molecule has 110 valence electrons. The third-order valence-corrected chi connectivity index (χ3v) is 3.91. The number of rotatable bonds is 5. The van der Waals surface area contributed by atoms with Crippen molar-refractivity contribution in [3.05, 3.63) is 34.9 Å². The molecular weight excluding hydrogens is 276 g/mol. The lowest BCUT2D eigenvalue weighted by Gasteiger charge is -2.26. The molecular formula is C15H21ClN2O2. The maximum Gasteiger partial charge on any atom is 0.237 e. The van der Waals surface area contributed by atoms with Crippen molar-refractivity contribution in [2.75, 3.05) is 19.8 Å². The van der Waals surface area contributed by atoms with Crippen molar-refractivity contribution in [3.63, 3.8) is 0 Å². The van der Waals surface area contributed by atoms with Gasteiger partial charge in [0.05, 0.1) is 6.04 Å². The molecule has 0 aliphatic carbocycles. The third-order valence-electron chi connectivity index (χ3n) is 3.68. The van der Waals surface area contributed by atoms with E-state index in [1.54, 1.807) is 0 Å². The number of nitrogens with one attached hydrogen (secondary N) is 1. The number of carbonyl (C=O) groups is 1. The molecule has 0 spiro atoms. The van der Waals surface area contributed by atoms with Crippen molar-refractivity contribution < 1.29 is 9.53 Å². The summed E-state index contributed by atoms with van der Waals surface area (Å²) in [5.41, 5.74) is 7.12. The number of amides is 1. The fourth-order valence-corrected chi connectivity index (χ4v) is 2.64. The van der Waals surface area contributed by atoms with Gasteiger partial charge in [-0.1, -0.05) is 23.7 Å². The number of hydrogen-bond donors (Lipinski definition) is 2. The van der Waals surface area contributed by atoms with Crippen LogP contribution < -0.4 is 11.1 Å². The average Bonchev–Trinajstić information content (AvgIpc) is 2.47. The van der Waals surface area contributed by atoms with E-state index < -0.39 is 6.04 Å². The summed E-state index contributed by atoms with van der Waals surface area (Å²) in [6.07, 6.45) is 2.48. The Balaban J connectivity index is 1.74. The van der Waals surface area contributed by atoms with Gasteiger partial charge in [-0.15, -0.1) is 0 Å². The minimum absolute atomic E-state index is 0.0704. The van der Waals surface area contributed by atoms with E-state index in [1.807, 2.05) is 24.3 Å². The summed E-state index contributed by atoms with van der Waals surface area (Å²) in [5, 5.41) is 3.62. The molecule has 5 heteroatoms. The van der Waals surface area contributed by atoms with E-state index >= 15 is 0 Å². The van der Waals surface area contributed by atoms with E-state index in [0.29, 0.717) is 24.8 Å². The molecule has 1 amide bonds. The van der Waals surface area contributed by atoms with Crippen LogP contribution in [0.3, 0.4) is 0 Å². The van der Waals surface area contributed by atoms with Gasteiger partial charge in [0, 0.05) is 24.8 Å². The molecule has 3 N–H and O–H groups in total. The SMILES string of the molecule is NC(C(=O)NCCc1cccc(Cl)c1)C1CCOCC1. The van der Waals surface area contributed by atoms with Gasteiger partial charge in [0.2, 0.25) is 5.91 Å². The lowest BCUT2D eigenvalue weighted by atomic mass is 9.92. The van der Waals surface area contributed by atoms with Crippen molar-refractivity contribution in [2.45, 2.75) is 25.3 Å². The Hall–Kier alpha value is -1.10. The van der Waals surface area contributed by atoms with Crippen molar-refractivity contribution >= 4 is 17.5 Å². The Morgan fingerprint density at radius 1 is 1.45 bits per heavy atom. The summed E-state index contributed by atoms with van der Waals surface area (Å²) in [6, 6.07) is 7.22. The van der Waals surface area contributed by atoms with Gasteiger partial charge < -0.3 is 15.8 Å². The lowest BCUT2D eigenvalue weighted by molar-refractivity contribution is -0.124. The Labute approximate surface area is 124 Å². The summed E-state index contributed by atoms with van der Waals surface area (Å²) in [4.78, 5) is 12.0. The van der Waals surface area contributed by atoms with Crippen LogP contribution in [0.5, 0.6) is 0 Å². The first kappa shape index (κ1) is 15.3. The zero-order valence-electron chi connectivity index (χ0n) is 11.5. The van der Waals surface area contributed by atoms with Crippen LogP contribution in [0, 0.1) is 5.92 Å². The summed E-state index contributed by atoms with van der Waals surface area (Å²) in [7, 11) is 0. The van der Waals surface area contributed by atoms with Gasteiger partial charge >= 0.3 is 0 Å². The second-order valence-electron chi connectivity index (χ2n) is 5.15. The van der Waals surface area contributed by atoms with Crippen LogP contribution in [0.15, 0.2) is 24.3 Å². The molecule has 4 nitrogen and oxygen atoms in total. The highest BCUT2D eigenvalue weighted by Crippen LogP contribution is 2.17. The van der Waals surface area contributed by atoms with Crippen LogP contribution in [0.1, 0.15) is 18.4 Å². The number of benzene rings is 1. The fourth-order valence-electron chi connectivity index (χ4n) is 2.43. The van der Waals surface area contributed by atoms with Gasteiger partial charge in [0.25, 0.3) is 0 Å². The summed E-state index contributed by atoms with van der Waals surface area (Å²) in [5.74, 6) is 0.161. The highest BCUT2D eigenvalue weighted by Gasteiger charge is 2.26. The van der Waals surface area contributed by atoms with Gasteiger partial charge in [0.15, 0.2) is 0 Å². The van der Waals surface area contributed by atoms with Gasteiger partial charge in [0.1, 0.15) is 0 Å². The normalized spacial score (nSPS) is 17.7. The smallest absolute Gasteiger partial charge is 0.237 e. The molecule has 0 saturated carbocycles. The third kappa shape index (κ3) is 4.47. The van der Waals surface area contributed by atoms with Crippen molar-refractivity contribution in [3.8, 4) is 0 Å². The second-order valence-corrected chi connectivity index (χ2v) is 5.58. The van der Waals surface area contributed by atoms with E-state index in [1.165, 1.54) is 0 Å². The molecule has 1 aliphatic rings. The zero-order valence-corrected chi connectivity index (χ0v) is 12.2. The van der Waals surface area contributed by atoms with Gasteiger partial charge in [-0.3, -0.25) is 4.79 Å². The largest absolute Gasteiger partial charge is 0.381 e. The van der Waals surface area contributed by atoms with Gasteiger partial charge in [-0.2, -0.15) is 0 Å². The van der Waals surface area contributed by atoms with Crippen molar-refractivity contribution in [2.24, 2.45) is 11.7 Å². The van der Waals surface area contributed by atoms with Crippen molar-refractivity contribution in [1.29, 1.82) is 0 Å². The summed E-state index contributed by atoms with van der Waals surface area (Å²) >= 11 is 5.92. The topological polar surface area (TPSA) is 64.4 Å². The molecule has 1 aromatic carbocycles. The van der Waals surface area contributed by atoms with E-state index in [2.05, 4.69) is 5.32 Å². The average molecular weight is 297 g/mol. The van der Waals surface area contributed by atoms with Crippen molar-refractivity contribution in [1.82, 2.24) is 5.32 Å². The molecule has 1 saturated heterocycles. The number of hydrogen-bond acceptors (Lipinski definition) is 3. The van der Waals surface area contributed by atoms with Crippen LogP contribution in [0.25, 0.3) is 0 Å². The van der Waals surface area contributed by atoms with Crippen LogP contribution in [-0.2, 0) is 16.0 Å². The fraction of sp³-hybridized carbons (Fsp3) is 0.533.